The number of esters is 1. The third-order valence-corrected chi connectivity index (χ3v) is 4.20. The second kappa shape index (κ2) is 18.1. The Labute approximate surface area is 232 Å². The van der Waals surface area contributed by atoms with Gasteiger partial charge in [0.25, 0.3) is 0 Å². The summed E-state index contributed by atoms with van der Waals surface area (Å²) in [6.07, 6.45) is 1.39. The standard InChI is InChI=1S/C14H28N2O4S2.C9H8O7/c1-13(2,3)19-11(17)15-9(7-21)10(8-22)16-12(18)20-14(4,5)6;10-6(1-2-7(11)12)5-16-9(15)4-3-8(13)14/h9-10,21-22H,7-8H2,1-6H3,(H,15,17)(H,16,18);1-4H,5H2,(H,11,12)(H,13,14)/b;2-1-,4-3-. The summed E-state index contributed by atoms with van der Waals surface area (Å²) in [7, 11) is 0. The zero-order chi connectivity index (χ0) is 30.1. The maximum absolute atomic E-state index is 11.8. The van der Waals surface area contributed by atoms with Gasteiger partial charge in [0, 0.05) is 29.7 Å². The van der Waals surface area contributed by atoms with Gasteiger partial charge in [-0.25, -0.2) is 24.0 Å². The molecule has 0 fully saturated rings. The van der Waals surface area contributed by atoms with E-state index in [1.54, 1.807) is 41.5 Å². The largest absolute Gasteiger partial charge is 0.478 e. The number of ether oxygens (including phenoxy) is 3. The first-order valence-corrected chi connectivity index (χ1v) is 12.3. The maximum atomic E-state index is 11.8. The minimum Gasteiger partial charge on any atom is -0.478 e. The van der Waals surface area contributed by atoms with E-state index in [1.165, 1.54) is 0 Å². The Balaban J connectivity index is 0. The van der Waals surface area contributed by atoms with Gasteiger partial charge in [0.05, 0.1) is 12.1 Å². The van der Waals surface area contributed by atoms with Gasteiger partial charge in [0.1, 0.15) is 11.2 Å². The number of ketones is 1. The Hall–Kier alpha value is -3.20. The number of rotatable bonds is 11. The minimum atomic E-state index is -1.32. The molecule has 0 aliphatic rings. The Morgan fingerprint density at radius 2 is 1.08 bits per heavy atom. The molecule has 0 aromatic carbocycles. The van der Waals surface area contributed by atoms with E-state index in [2.05, 4.69) is 40.6 Å². The fourth-order valence-corrected chi connectivity index (χ4v) is 2.70. The van der Waals surface area contributed by atoms with Gasteiger partial charge in [0.2, 0.25) is 0 Å². The van der Waals surface area contributed by atoms with Crippen LogP contribution in [-0.2, 0) is 33.4 Å². The zero-order valence-electron chi connectivity index (χ0n) is 22.0. The van der Waals surface area contributed by atoms with Gasteiger partial charge in [-0.3, -0.25) is 4.79 Å². The maximum Gasteiger partial charge on any atom is 0.407 e. The van der Waals surface area contributed by atoms with Gasteiger partial charge in [0.15, 0.2) is 12.4 Å². The topological polar surface area (TPSA) is 195 Å². The molecule has 0 heterocycles. The number of carboxylic acids is 2. The highest BCUT2D eigenvalue weighted by atomic mass is 32.1. The molecule has 0 spiro atoms. The average Bonchev–Trinajstić information content (AvgIpc) is 2.75. The molecule has 2 amide bonds. The first-order chi connectivity index (χ1) is 17.3. The normalized spacial score (nSPS) is 12.9. The highest BCUT2D eigenvalue weighted by Crippen LogP contribution is 2.10. The van der Waals surface area contributed by atoms with Crippen molar-refractivity contribution in [2.75, 3.05) is 18.1 Å². The van der Waals surface area contributed by atoms with Crippen LogP contribution in [0.3, 0.4) is 0 Å². The van der Waals surface area contributed by atoms with E-state index >= 15 is 0 Å². The lowest BCUT2D eigenvalue weighted by atomic mass is 10.1. The molecular weight excluding hydrogens is 544 g/mol. The lowest BCUT2D eigenvalue weighted by Gasteiger charge is -2.29. The number of carbonyl (C=O) groups excluding carboxylic acids is 4. The van der Waals surface area contributed by atoms with Gasteiger partial charge in [-0.2, -0.15) is 25.3 Å². The summed E-state index contributed by atoms with van der Waals surface area (Å²) in [5, 5.41) is 21.7. The van der Waals surface area contributed by atoms with E-state index in [4.69, 9.17) is 19.7 Å². The number of hydrogen-bond donors (Lipinski definition) is 6. The van der Waals surface area contributed by atoms with Crippen LogP contribution in [0.4, 0.5) is 9.59 Å². The van der Waals surface area contributed by atoms with Crippen LogP contribution in [0.5, 0.6) is 0 Å². The van der Waals surface area contributed by atoms with Crippen LogP contribution in [0.25, 0.3) is 0 Å². The molecule has 38 heavy (non-hydrogen) atoms. The molecule has 0 bridgehead atoms. The second-order valence-electron chi connectivity index (χ2n) is 9.29. The van der Waals surface area contributed by atoms with Crippen molar-refractivity contribution < 1.29 is 53.2 Å². The van der Waals surface area contributed by atoms with Gasteiger partial charge < -0.3 is 35.1 Å². The Kier molecular flexibility index (Phi) is 17.6. The van der Waals surface area contributed by atoms with Crippen molar-refractivity contribution >= 4 is 61.1 Å². The number of nitrogens with one attached hydrogen (secondary N) is 2. The van der Waals surface area contributed by atoms with Crippen molar-refractivity contribution in [3.63, 3.8) is 0 Å². The molecule has 0 saturated heterocycles. The van der Waals surface area contributed by atoms with Crippen molar-refractivity contribution in [2.45, 2.75) is 64.8 Å². The number of hydrogen-bond acceptors (Lipinski definition) is 11. The summed E-state index contributed by atoms with van der Waals surface area (Å²) in [4.78, 5) is 65.2. The van der Waals surface area contributed by atoms with E-state index < -0.39 is 65.8 Å². The predicted molar refractivity (Wildman–Crippen MR) is 144 cm³/mol. The lowest BCUT2D eigenvalue weighted by molar-refractivity contribution is -0.142. The predicted octanol–water partition coefficient (Wildman–Crippen LogP) is 2.01. The molecule has 2 unspecified atom stereocenters. The van der Waals surface area contributed by atoms with Crippen LogP contribution in [0.2, 0.25) is 0 Å². The van der Waals surface area contributed by atoms with E-state index in [0.29, 0.717) is 29.7 Å². The number of amides is 2. The number of aliphatic carboxylic acids is 2. The number of alkyl carbamates (subject to hydrolysis) is 2. The van der Waals surface area contributed by atoms with E-state index in [-0.39, 0.29) is 0 Å². The monoisotopic (exact) mass is 580 g/mol. The van der Waals surface area contributed by atoms with Crippen LogP contribution >= 0.6 is 25.3 Å². The third-order valence-electron chi connectivity index (χ3n) is 3.41. The van der Waals surface area contributed by atoms with Crippen LogP contribution in [0.1, 0.15) is 41.5 Å². The summed E-state index contributed by atoms with van der Waals surface area (Å²) in [5.41, 5.74) is -1.19. The minimum absolute atomic E-state index is 0.320. The van der Waals surface area contributed by atoms with E-state index in [0.717, 1.165) is 6.08 Å². The SMILES string of the molecule is CC(C)(C)OC(=O)NC(CS)C(CS)NC(=O)OC(C)(C)C.O=C(O)/C=C\C(=O)COC(=O)/C=C\C(=O)O. The molecule has 0 saturated carbocycles. The number of thiol groups is 2. The summed E-state index contributed by atoms with van der Waals surface area (Å²) < 4.78 is 14.7. The van der Waals surface area contributed by atoms with Gasteiger partial charge >= 0.3 is 30.1 Å². The fraction of sp³-hybridized carbons (Fsp3) is 0.565. The fourth-order valence-electron chi connectivity index (χ4n) is 2.01. The number of carboxylic acid groups (broad SMARTS) is 2. The molecule has 0 aromatic rings. The highest BCUT2D eigenvalue weighted by Gasteiger charge is 2.27. The van der Waals surface area contributed by atoms with E-state index in [9.17, 15) is 28.8 Å². The van der Waals surface area contributed by atoms with Crippen molar-refractivity contribution in [2.24, 2.45) is 0 Å². The number of carbonyl (C=O) groups is 6. The Morgan fingerprint density at radius 1 is 0.711 bits per heavy atom. The highest BCUT2D eigenvalue weighted by molar-refractivity contribution is 7.80. The van der Waals surface area contributed by atoms with Crippen LogP contribution in [0, 0.1) is 0 Å². The van der Waals surface area contributed by atoms with Crippen molar-refractivity contribution in [1.82, 2.24) is 10.6 Å². The molecule has 0 rings (SSSR count). The van der Waals surface area contributed by atoms with Crippen molar-refractivity contribution in [3.8, 4) is 0 Å². The van der Waals surface area contributed by atoms with E-state index in [1.807, 2.05) is 0 Å². The smallest absolute Gasteiger partial charge is 0.407 e. The summed E-state index contributed by atoms with van der Waals surface area (Å²) >= 11 is 8.41. The van der Waals surface area contributed by atoms with Crippen LogP contribution in [-0.4, -0.2) is 87.5 Å². The van der Waals surface area contributed by atoms with Crippen LogP contribution < -0.4 is 10.6 Å². The lowest BCUT2D eigenvalue weighted by Crippen LogP contribution is -2.55. The molecule has 0 aromatic heterocycles. The molecule has 0 radical (unpaired) electrons. The molecular formula is C23H36N2O11S2. The summed E-state index contributed by atoms with van der Waals surface area (Å²) in [6, 6.07) is -0.855. The average molecular weight is 581 g/mol. The molecule has 13 nitrogen and oxygen atoms in total. The van der Waals surface area contributed by atoms with Crippen molar-refractivity contribution in [1.29, 1.82) is 0 Å². The van der Waals surface area contributed by atoms with Gasteiger partial charge in [-0.1, -0.05) is 0 Å². The quantitative estimate of drug-likeness (QED) is 0.0905. The first-order valence-electron chi connectivity index (χ1n) is 11.0. The molecule has 0 aliphatic carbocycles. The van der Waals surface area contributed by atoms with Gasteiger partial charge in [-0.15, -0.1) is 0 Å². The van der Waals surface area contributed by atoms with Gasteiger partial charge in [-0.05, 0) is 47.6 Å². The molecule has 216 valence electrons. The second-order valence-corrected chi connectivity index (χ2v) is 10.0. The molecule has 0 aliphatic heterocycles. The Bertz CT molecular complexity index is 819. The molecule has 2 atom stereocenters. The van der Waals surface area contributed by atoms with Crippen molar-refractivity contribution in [3.05, 3.63) is 24.3 Å². The zero-order valence-corrected chi connectivity index (χ0v) is 23.8. The Morgan fingerprint density at radius 3 is 1.39 bits per heavy atom. The van der Waals surface area contributed by atoms with Crippen LogP contribution in [0.15, 0.2) is 24.3 Å². The third kappa shape index (κ3) is 23.2. The molecule has 4 N–H and O–H groups in total. The summed E-state index contributed by atoms with van der Waals surface area (Å²) in [5.74, 6) is -3.71. The summed E-state index contributed by atoms with van der Waals surface area (Å²) in [6.45, 7) is 10.0. The molecule has 15 heteroatoms. The first kappa shape index (κ1) is 37.0.